The van der Waals surface area contributed by atoms with E-state index in [0.717, 1.165) is 22.3 Å². The van der Waals surface area contributed by atoms with Crippen LogP contribution in [0.25, 0.3) is 22.3 Å². The molecule has 0 spiro atoms. The molecular formula is C23H24ClN5O4. The molecule has 10 heteroatoms. The van der Waals surface area contributed by atoms with Crippen LogP contribution in [-0.4, -0.2) is 46.3 Å². The number of carbonyl (C=O) groups excluding carboxylic acids is 1. The van der Waals surface area contributed by atoms with Gasteiger partial charge in [-0.2, -0.15) is 5.10 Å². The molecule has 0 unspecified atom stereocenters. The highest BCUT2D eigenvalue weighted by Gasteiger charge is 2.14. The second-order valence-electron chi connectivity index (χ2n) is 7.32. The number of nitrogens with zero attached hydrogens (tertiary/aromatic N) is 4. The average Bonchev–Trinajstić information content (AvgIpc) is 3.38. The Kier molecular flexibility index (Phi) is 6.81. The zero-order chi connectivity index (χ0) is 23.4. The van der Waals surface area contributed by atoms with Crippen LogP contribution < -0.4 is 10.1 Å². The second-order valence-corrected chi connectivity index (χ2v) is 7.76. The average molecular weight is 470 g/mol. The van der Waals surface area contributed by atoms with Gasteiger partial charge in [0.05, 0.1) is 42.5 Å². The number of aromatic nitrogens is 4. The third-order valence-corrected chi connectivity index (χ3v) is 5.41. The van der Waals surface area contributed by atoms with Crippen LogP contribution >= 0.6 is 11.6 Å². The van der Waals surface area contributed by atoms with E-state index in [0.29, 0.717) is 35.3 Å². The Bertz CT molecular complexity index is 1280. The Labute approximate surface area is 195 Å². The maximum absolute atomic E-state index is 12.4. The molecule has 2 heterocycles. The summed E-state index contributed by atoms with van der Waals surface area (Å²) in [6.45, 7) is 1.36. The minimum atomic E-state index is -0.569. The monoisotopic (exact) mass is 469 g/mol. The molecule has 33 heavy (non-hydrogen) atoms. The van der Waals surface area contributed by atoms with E-state index in [9.17, 15) is 4.79 Å². The van der Waals surface area contributed by atoms with Gasteiger partial charge in [-0.3, -0.25) is 10.00 Å². The van der Waals surface area contributed by atoms with Gasteiger partial charge in [0.2, 0.25) is 0 Å². The lowest BCUT2D eigenvalue weighted by atomic mass is 10.1. The summed E-state index contributed by atoms with van der Waals surface area (Å²) in [6.07, 6.45) is 1.18. The van der Waals surface area contributed by atoms with Crippen LogP contribution in [0.3, 0.4) is 0 Å². The molecule has 2 aromatic heterocycles. The molecule has 0 saturated carbocycles. The second kappa shape index (κ2) is 9.93. The van der Waals surface area contributed by atoms with Crippen molar-refractivity contribution in [1.29, 1.82) is 0 Å². The fourth-order valence-corrected chi connectivity index (χ4v) is 3.61. The van der Waals surface area contributed by atoms with Crippen molar-refractivity contribution in [3.05, 3.63) is 59.5 Å². The van der Waals surface area contributed by atoms with E-state index in [1.807, 2.05) is 28.8 Å². The SMILES string of the molecule is COCCn1cnc2cc(NC(=O)OCc3cc(-c4ccc(Cl)cc4OC)nn3C)ccc21. The number of fused-ring (bicyclic) bond motifs is 1. The number of ether oxygens (including phenoxy) is 3. The third kappa shape index (κ3) is 5.10. The molecule has 4 rings (SSSR count). The summed E-state index contributed by atoms with van der Waals surface area (Å²) in [6, 6.07) is 12.7. The molecule has 0 aliphatic rings. The number of amides is 1. The quantitative estimate of drug-likeness (QED) is 0.408. The van der Waals surface area contributed by atoms with Crippen molar-refractivity contribution in [2.24, 2.45) is 7.05 Å². The first-order chi connectivity index (χ1) is 16.0. The first-order valence-electron chi connectivity index (χ1n) is 10.2. The normalized spacial score (nSPS) is 11.0. The van der Waals surface area contributed by atoms with Crippen LogP contribution in [0.4, 0.5) is 10.5 Å². The van der Waals surface area contributed by atoms with E-state index in [1.54, 1.807) is 50.5 Å². The van der Waals surface area contributed by atoms with Crippen molar-refractivity contribution < 1.29 is 19.0 Å². The van der Waals surface area contributed by atoms with Crippen molar-refractivity contribution in [3.63, 3.8) is 0 Å². The number of anilines is 1. The minimum Gasteiger partial charge on any atom is -0.496 e. The van der Waals surface area contributed by atoms with E-state index in [2.05, 4.69) is 15.4 Å². The number of rotatable bonds is 8. The van der Waals surface area contributed by atoms with E-state index in [4.69, 9.17) is 25.8 Å². The van der Waals surface area contributed by atoms with Crippen molar-refractivity contribution in [3.8, 4) is 17.0 Å². The Morgan fingerprint density at radius 3 is 2.79 bits per heavy atom. The number of aryl methyl sites for hydroxylation is 1. The van der Waals surface area contributed by atoms with Gasteiger partial charge < -0.3 is 18.8 Å². The highest BCUT2D eigenvalue weighted by Crippen LogP contribution is 2.32. The Morgan fingerprint density at radius 1 is 1.15 bits per heavy atom. The zero-order valence-corrected chi connectivity index (χ0v) is 19.3. The zero-order valence-electron chi connectivity index (χ0n) is 18.5. The summed E-state index contributed by atoms with van der Waals surface area (Å²) in [4.78, 5) is 16.7. The molecule has 1 amide bonds. The molecule has 172 valence electrons. The Balaban J connectivity index is 1.40. The van der Waals surface area contributed by atoms with Gasteiger partial charge in [-0.05, 0) is 42.5 Å². The Hall–Kier alpha value is -3.56. The van der Waals surface area contributed by atoms with Crippen LogP contribution in [-0.2, 0) is 29.7 Å². The number of imidazole rings is 1. The fraction of sp³-hybridized carbons (Fsp3) is 0.261. The molecule has 0 bridgehead atoms. The van der Waals surface area contributed by atoms with Gasteiger partial charge in [0.25, 0.3) is 0 Å². The molecule has 0 aliphatic heterocycles. The minimum absolute atomic E-state index is 0.0547. The van der Waals surface area contributed by atoms with E-state index >= 15 is 0 Å². The predicted octanol–water partition coefficient (Wildman–Crippen LogP) is 4.49. The molecule has 0 radical (unpaired) electrons. The summed E-state index contributed by atoms with van der Waals surface area (Å²) < 4.78 is 19.6. The number of benzene rings is 2. The molecule has 0 fully saturated rings. The highest BCUT2D eigenvalue weighted by atomic mass is 35.5. The maximum Gasteiger partial charge on any atom is 0.412 e. The predicted molar refractivity (Wildman–Crippen MR) is 126 cm³/mol. The summed E-state index contributed by atoms with van der Waals surface area (Å²) in [5.74, 6) is 0.617. The number of carbonyl (C=O) groups is 1. The van der Waals surface area contributed by atoms with Crippen LogP contribution in [0, 0.1) is 0 Å². The van der Waals surface area contributed by atoms with Crippen molar-refractivity contribution >= 4 is 34.4 Å². The topological polar surface area (TPSA) is 92.4 Å². The van der Waals surface area contributed by atoms with Gasteiger partial charge in [-0.25, -0.2) is 9.78 Å². The van der Waals surface area contributed by atoms with Crippen LogP contribution in [0.2, 0.25) is 5.02 Å². The summed E-state index contributed by atoms with van der Waals surface area (Å²) in [7, 11) is 5.03. The molecule has 0 saturated heterocycles. The third-order valence-electron chi connectivity index (χ3n) is 5.17. The van der Waals surface area contributed by atoms with Crippen LogP contribution in [0.5, 0.6) is 5.75 Å². The molecule has 1 N–H and O–H groups in total. The van der Waals surface area contributed by atoms with Gasteiger partial charge >= 0.3 is 6.09 Å². The summed E-state index contributed by atoms with van der Waals surface area (Å²) >= 11 is 6.04. The summed E-state index contributed by atoms with van der Waals surface area (Å²) in [5, 5.41) is 7.82. The first kappa shape index (κ1) is 22.6. The van der Waals surface area contributed by atoms with Gasteiger partial charge in [-0.15, -0.1) is 0 Å². The molecule has 9 nitrogen and oxygen atoms in total. The maximum atomic E-state index is 12.4. The molecule has 2 aromatic carbocycles. The van der Waals surface area contributed by atoms with Crippen LogP contribution in [0.1, 0.15) is 5.69 Å². The highest BCUT2D eigenvalue weighted by molar-refractivity contribution is 6.30. The summed E-state index contributed by atoms with van der Waals surface area (Å²) in [5.41, 5.74) is 4.56. The number of nitrogens with one attached hydrogen (secondary N) is 1. The first-order valence-corrected chi connectivity index (χ1v) is 10.6. The lowest BCUT2D eigenvalue weighted by Crippen LogP contribution is -2.14. The largest absolute Gasteiger partial charge is 0.496 e. The smallest absolute Gasteiger partial charge is 0.412 e. The van der Waals surface area contributed by atoms with Crippen molar-refractivity contribution in [2.75, 3.05) is 26.1 Å². The lowest BCUT2D eigenvalue weighted by molar-refractivity contribution is 0.152. The standard InChI is InChI=1S/C23H24ClN5O4/c1-28-17(12-19(27-28)18-6-4-15(24)10-22(18)32-3)13-33-23(30)26-16-5-7-21-20(11-16)25-14-29(21)8-9-31-2/h4-7,10-12,14H,8-9,13H2,1-3H3,(H,26,30). The van der Waals surface area contributed by atoms with Gasteiger partial charge in [0, 0.05) is 37.0 Å². The number of methoxy groups -OCH3 is 2. The van der Waals surface area contributed by atoms with Gasteiger partial charge in [-0.1, -0.05) is 11.6 Å². The number of halogens is 1. The molecular weight excluding hydrogens is 446 g/mol. The Morgan fingerprint density at radius 2 is 2.00 bits per heavy atom. The van der Waals surface area contributed by atoms with Crippen LogP contribution in [0.15, 0.2) is 48.8 Å². The fourth-order valence-electron chi connectivity index (χ4n) is 3.45. The van der Waals surface area contributed by atoms with E-state index in [1.165, 1.54) is 0 Å². The van der Waals surface area contributed by atoms with E-state index in [-0.39, 0.29) is 6.61 Å². The lowest BCUT2D eigenvalue weighted by Gasteiger charge is -2.08. The number of hydrogen-bond acceptors (Lipinski definition) is 6. The van der Waals surface area contributed by atoms with Crippen molar-refractivity contribution in [2.45, 2.75) is 13.2 Å². The van der Waals surface area contributed by atoms with Crippen molar-refractivity contribution in [1.82, 2.24) is 19.3 Å². The molecule has 0 atom stereocenters. The molecule has 0 aliphatic carbocycles. The number of hydrogen-bond donors (Lipinski definition) is 1. The van der Waals surface area contributed by atoms with E-state index < -0.39 is 6.09 Å². The van der Waals surface area contributed by atoms with Gasteiger partial charge in [0.1, 0.15) is 12.4 Å². The van der Waals surface area contributed by atoms with Gasteiger partial charge in [0.15, 0.2) is 0 Å². The molecule has 4 aromatic rings.